The number of aryl methyl sites for hydroxylation is 1. The van der Waals surface area contributed by atoms with Gasteiger partial charge in [0.05, 0.1) is 5.52 Å². The number of aliphatic hydroxyl groups is 1. The second-order valence-electron chi connectivity index (χ2n) is 5.60. The third kappa shape index (κ3) is 2.60. The van der Waals surface area contributed by atoms with Crippen LogP contribution in [0.15, 0.2) is 24.3 Å². The van der Waals surface area contributed by atoms with E-state index < -0.39 is 0 Å². The fourth-order valence-corrected chi connectivity index (χ4v) is 3.11. The monoisotopic (exact) mass is 290 g/mol. The molecular weight excluding hydrogens is 272 g/mol. The highest BCUT2D eigenvalue weighted by Gasteiger charge is 2.20. The second kappa shape index (κ2) is 5.58. The number of rotatable bonds is 2. The smallest absolute Gasteiger partial charge is 0.129 e. The summed E-state index contributed by atoms with van der Waals surface area (Å²) in [5.74, 6) is 1.36. The summed E-state index contributed by atoms with van der Waals surface area (Å²) in [6.45, 7) is 4.26. The number of pyridine rings is 1. The Morgan fingerprint density at radius 3 is 3.05 bits per heavy atom. The van der Waals surface area contributed by atoms with Crippen molar-refractivity contribution in [3.8, 4) is 0 Å². The number of halogens is 1. The van der Waals surface area contributed by atoms with Crippen LogP contribution < -0.4 is 4.90 Å². The lowest BCUT2D eigenvalue weighted by atomic mass is 9.99. The Morgan fingerprint density at radius 2 is 2.25 bits per heavy atom. The Bertz CT molecular complexity index is 629. The first-order valence-electron chi connectivity index (χ1n) is 7.10. The van der Waals surface area contributed by atoms with Crippen LogP contribution in [0.25, 0.3) is 10.9 Å². The highest BCUT2D eigenvalue weighted by atomic mass is 35.5. The number of aliphatic hydroxyl groups excluding tert-OH is 1. The van der Waals surface area contributed by atoms with E-state index >= 15 is 0 Å². The van der Waals surface area contributed by atoms with Crippen molar-refractivity contribution in [2.75, 3.05) is 24.6 Å². The molecule has 0 unspecified atom stereocenters. The van der Waals surface area contributed by atoms with Gasteiger partial charge in [0.1, 0.15) is 5.82 Å². The summed E-state index contributed by atoms with van der Waals surface area (Å²) in [5.41, 5.74) is 2.16. The van der Waals surface area contributed by atoms with Gasteiger partial charge < -0.3 is 10.0 Å². The lowest BCUT2D eigenvalue weighted by Crippen LogP contribution is -2.37. The van der Waals surface area contributed by atoms with Gasteiger partial charge in [0.25, 0.3) is 0 Å². The largest absolute Gasteiger partial charge is 0.396 e. The molecule has 3 rings (SSSR count). The molecule has 1 fully saturated rings. The van der Waals surface area contributed by atoms with Crippen LogP contribution in [0.4, 0.5) is 5.82 Å². The fourth-order valence-electron chi connectivity index (χ4n) is 2.94. The minimum Gasteiger partial charge on any atom is -0.396 e. The molecule has 0 radical (unpaired) electrons. The first-order chi connectivity index (χ1) is 9.67. The number of aromatic nitrogens is 1. The number of fused-ring (bicyclic) bond motifs is 1. The van der Waals surface area contributed by atoms with Gasteiger partial charge >= 0.3 is 0 Å². The number of nitrogens with zero attached hydrogens (tertiary/aromatic N) is 2. The first-order valence-corrected chi connectivity index (χ1v) is 7.48. The Morgan fingerprint density at radius 1 is 1.40 bits per heavy atom. The Labute approximate surface area is 124 Å². The van der Waals surface area contributed by atoms with Crippen molar-refractivity contribution in [2.24, 2.45) is 5.92 Å². The number of hydrogen-bond donors (Lipinski definition) is 1. The summed E-state index contributed by atoms with van der Waals surface area (Å²) in [6, 6.07) is 7.98. The predicted octanol–water partition coefficient (Wildman–Crippen LogP) is 3.41. The standard InChI is InChI=1S/C16H19ClN2O/c1-11-7-16(19-6-2-3-12(9-19)10-20)18-15-8-13(17)4-5-14(11)15/h4-5,7-8,12,20H,2-3,6,9-10H2,1H3/t12-/m0/s1. The van der Waals surface area contributed by atoms with Gasteiger partial charge in [0.15, 0.2) is 0 Å². The maximum absolute atomic E-state index is 9.35. The second-order valence-corrected chi connectivity index (χ2v) is 6.03. The van der Waals surface area contributed by atoms with E-state index in [2.05, 4.69) is 17.9 Å². The average Bonchev–Trinajstić information content (AvgIpc) is 2.46. The van der Waals surface area contributed by atoms with Crippen molar-refractivity contribution in [3.05, 3.63) is 34.9 Å². The molecule has 0 amide bonds. The predicted molar refractivity (Wildman–Crippen MR) is 83.5 cm³/mol. The van der Waals surface area contributed by atoms with Crippen LogP contribution in [0.3, 0.4) is 0 Å². The molecule has 0 saturated carbocycles. The zero-order valence-electron chi connectivity index (χ0n) is 11.6. The van der Waals surface area contributed by atoms with Gasteiger partial charge in [-0.15, -0.1) is 0 Å². The Balaban J connectivity index is 1.99. The molecule has 4 heteroatoms. The van der Waals surface area contributed by atoms with Crippen LogP contribution in [-0.2, 0) is 0 Å². The summed E-state index contributed by atoms with van der Waals surface area (Å²) in [6.07, 6.45) is 2.21. The third-order valence-electron chi connectivity index (χ3n) is 4.07. The molecule has 1 atom stereocenters. The first kappa shape index (κ1) is 13.7. The molecule has 1 aromatic heterocycles. The maximum Gasteiger partial charge on any atom is 0.129 e. The van der Waals surface area contributed by atoms with Gasteiger partial charge in [-0.3, -0.25) is 0 Å². The Kier molecular flexibility index (Phi) is 3.81. The van der Waals surface area contributed by atoms with E-state index in [1.54, 1.807) is 0 Å². The van der Waals surface area contributed by atoms with E-state index in [9.17, 15) is 5.11 Å². The van der Waals surface area contributed by atoms with Crippen molar-refractivity contribution in [1.29, 1.82) is 0 Å². The Hall–Kier alpha value is -1.32. The van der Waals surface area contributed by atoms with Crippen LogP contribution in [0.5, 0.6) is 0 Å². The summed E-state index contributed by atoms with van der Waals surface area (Å²) in [5, 5.41) is 11.2. The molecule has 1 aliphatic rings. The molecular formula is C16H19ClN2O. The van der Waals surface area contributed by atoms with E-state index in [1.165, 1.54) is 5.56 Å². The lowest BCUT2D eigenvalue weighted by Gasteiger charge is -2.33. The molecule has 0 bridgehead atoms. The van der Waals surface area contributed by atoms with Crippen LogP contribution in [0, 0.1) is 12.8 Å². The van der Waals surface area contributed by atoms with E-state index in [-0.39, 0.29) is 6.61 Å². The molecule has 1 N–H and O–H groups in total. The maximum atomic E-state index is 9.35. The molecule has 0 aliphatic carbocycles. The topological polar surface area (TPSA) is 36.4 Å². The number of piperidine rings is 1. The molecule has 1 aromatic carbocycles. The minimum absolute atomic E-state index is 0.259. The fraction of sp³-hybridized carbons (Fsp3) is 0.438. The summed E-state index contributed by atoms with van der Waals surface area (Å²) >= 11 is 6.07. The highest BCUT2D eigenvalue weighted by Crippen LogP contribution is 2.27. The summed E-state index contributed by atoms with van der Waals surface area (Å²) in [7, 11) is 0. The van der Waals surface area contributed by atoms with Crippen LogP contribution in [0.1, 0.15) is 18.4 Å². The van der Waals surface area contributed by atoms with Crippen LogP contribution in [-0.4, -0.2) is 29.8 Å². The summed E-state index contributed by atoms with van der Waals surface area (Å²) in [4.78, 5) is 7.02. The van der Waals surface area contributed by atoms with E-state index in [0.29, 0.717) is 10.9 Å². The number of anilines is 1. The molecule has 2 heterocycles. The van der Waals surface area contributed by atoms with E-state index in [4.69, 9.17) is 16.6 Å². The van der Waals surface area contributed by atoms with E-state index in [1.807, 2.05) is 18.2 Å². The quantitative estimate of drug-likeness (QED) is 0.921. The SMILES string of the molecule is Cc1cc(N2CCC[C@H](CO)C2)nc2cc(Cl)ccc12. The lowest BCUT2D eigenvalue weighted by molar-refractivity contribution is 0.208. The number of hydrogen-bond acceptors (Lipinski definition) is 3. The summed E-state index contributed by atoms with van der Waals surface area (Å²) < 4.78 is 0. The molecule has 1 aliphatic heterocycles. The van der Waals surface area contributed by atoms with Crippen molar-refractivity contribution in [2.45, 2.75) is 19.8 Å². The molecule has 1 saturated heterocycles. The zero-order chi connectivity index (χ0) is 14.1. The van der Waals surface area contributed by atoms with Gasteiger partial charge in [-0.1, -0.05) is 17.7 Å². The van der Waals surface area contributed by atoms with Gasteiger partial charge in [0.2, 0.25) is 0 Å². The van der Waals surface area contributed by atoms with Crippen LogP contribution in [0.2, 0.25) is 5.02 Å². The normalized spacial score (nSPS) is 19.6. The molecule has 106 valence electrons. The van der Waals surface area contributed by atoms with Crippen LogP contribution >= 0.6 is 11.6 Å². The van der Waals surface area contributed by atoms with Gasteiger partial charge in [0, 0.05) is 30.1 Å². The average molecular weight is 291 g/mol. The third-order valence-corrected chi connectivity index (χ3v) is 4.30. The van der Waals surface area contributed by atoms with Crippen molar-refractivity contribution >= 4 is 28.3 Å². The van der Waals surface area contributed by atoms with Gasteiger partial charge in [-0.25, -0.2) is 4.98 Å². The van der Waals surface area contributed by atoms with Gasteiger partial charge in [-0.2, -0.15) is 0 Å². The van der Waals surface area contributed by atoms with Gasteiger partial charge in [-0.05, 0) is 49.4 Å². The van der Waals surface area contributed by atoms with Crippen molar-refractivity contribution in [1.82, 2.24) is 4.98 Å². The molecule has 20 heavy (non-hydrogen) atoms. The number of benzene rings is 1. The zero-order valence-corrected chi connectivity index (χ0v) is 12.4. The van der Waals surface area contributed by atoms with E-state index in [0.717, 1.165) is 42.7 Å². The van der Waals surface area contributed by atoms with Crippen molar-refractivity contribution in [3.63, 3.8) is 0 Å². The molecule has 0 spiro atoms. The molecule has 3 nitrogen and oxygen atoms in total. The highest BCUT2D eigenvalue weighted by molar-refractivity contribution is 6.31. The molecule has 2 aromatic rings. The minimum atomic E-state index is 0.259. The van der Waals surface area contributed by atoms with Crippen molar-refractivity contribution < 1.29 is 5.11 Å².